The molecule has 2 fully saturated rings. The SMILES string of the molecule is CC1CC(C)CN(C(=O)CN(Cc2cccs2)CC2CCCO2)C1. The van der Waals surface area contributed by atoms with Crippen LogP contribution < -0.4 is 0 Å². The number of thiophene rings is 1. The van der Waals surface area contributed by atoms with E-state index in [1.807, 2.05) is 0 Å². The van der Waals surface area contributed by atoms with Gasteiger partial charge < -0.3 is 9.64 Å². The Morgan fingerprint density at radius 1 is 1.38 bits per heavy atom. The van der Waals surface area contributed by atoms with Crippen molar-refractivity contribution in [3.63, 3.8) is 0 Å². The molecule has 0 N–H and O–H groups in total. The summed E-state index contributed by atoms with van der Waals surface area (Å²) in [4.78, 5) is 18.5. The van der Waals surface area contributed by atoms with Crippen molar-refractivity contribution in [2.75, 3.05) is 32.8 Å². The monoisotopic (exact) mass is 350 g/mol. The molecule has 2 saturated heterocycles. The van der Waals surface area contributed by atoms with Crippen molar-refractivity contribution >= 4 is 17.2 Å². The van der Waals surface area contributed by atoms with Crippen molar-refractivity contribution in [1.82, 2.24) is 9.80 Å². The van der Waals surface area contributed by atoms with Gasteiger partial charge in [-0.1, -0.05) is 19.9 Å². The Morgan fingerprint density at radius 2 is 2.17 bits per heavy atom. The van der Waals surface area contributed by atoms with E-state index in [9.17, 15) is 4.79 Å². The molecule has 2 aliphatic heterocycles. The Labute approximate surface area is 149 Å². The number of hydrogen-bond donors (Lipinski definition) is 0. The zero-order valence-corrected chi connectivity index (χ0v) is 15.8. The van der Waals surface area contributed by atoms with Crippen LogP contribution in [0.3, 0.4) is 0 Å². The van der Waals surface area contributed by atoms with E-state index >= 15 is 0 Å². The average molecular weight is 351 g/mol. The van der Waals surface area contributed by atoms with Crippen LogP contribution in [0, 0.1) is 11.8 Å². The van der Waals surface area contributed by atoms with Gasteiger partial charge in [-0.3, -0.25) is 9.69 Å². The Balaban J connectivity index is 1.60. The summed E-state index contributed by atoms with van der Waals surface area (Å²) in [5.41, 5.74) is 0. The predicted octanol–water partition coefficient (Wildman–Crippen LogP) is 3.23. The molecule has 5 heteroatoms. The second-order valence-corrected chi connectivity index (χ2v) is 8.66. The van der Waals surface area contributed by atoms with Crippen molar-refractivity contribution in [2.45, 2.75) is 45.8 Å². The van der Waals surface area contributed by atoms with Gasteiger partial charge in [-0.2, -0.15) is 0 Å². The van der Waals surface area contributed by atoms with Crippen molar-refractivity contribution < 1.29 is 9.53 Å². The standard InChI is InChI=1S/C19H30N2O2S/c1-15-9-16(2)11-21(10-15)19(22)14-20(12-17-5-3-7-23-17)13-18-6-4-8-24-18/h4,6,8,15-17H,3,5,7,9-14H2,1-2H3. The highest BCUT2D eigenvalue weighted by Crippen LogP contribution is 2.22. The second-order valence-electron chi connectivity index (χ2n) is 7.63. The summed E-state index contributed by atoms with van der Waals surface area (Å²) in [6.07, 6.45) is 3.79. The Morgan fingerprint density at radius 3 is 2.79 bits per heavy atom. The molecule has 2 aliphatic rings. The third-order valence-corrected chi connectivity index (χ3v) is 5.89. The van der Waals surface area contributed by atoms with Crippen molar-refractivity contribution in [1.29, 1.82) is 0 Å². The lowest BCUT2D eigenvalue weighted by molar-refractivity contribution is -0.135. The number of carbonyl (C=O) groups is 1. The zero-order valence-electron chi connectivity index (χ0n) is 14.9. The summed E-state index contributed by atoms with van der Waals surface area (Å²) < 4.78 is 5.80. The third kappa shape index (κ3) is 5.04. The van der Waals surface area contributed by atoms with Crippen molar-refractivity contribution in [2.24, 2.45) is 11.8 Å². The van der Waals surface area contributed by atoms with Gasteiger partial charge in [0.2, 0.25) is 5.91 Å². The number of carbonyl (C=O) groups excluding carboxylic acids is 1. The Kier molecular flexibility index (Phi) is 6.31. The highest BCUT2D eigenvalue weighted by molar-refractivity contribution is 7.09. The quantitative estimate of drug-likeness (QED) is 0.790. The molecule has 134 valence electrons. The summed E-state index contributed by atoms with van der Waals surface area (Å²) in [7, 11) is 0. The maximum atomic E-state index is 12.8. The second kappa shape index (κ2) is 8.45. The van der Waals surface area contributed by atoms with E-state index in [2.05, 4.69) is 41.2 Å². The fraction of sp³-hybridized carbons (Fsp3) is 0.737. The molecule has 1 aromatic rings. The zero-order chi connectivity index (χ0) is 16.9. The fourth-order valence-corrected chi connectivity index (χ4v) is 4.79. The minimum absolute atomic E-state index is 0.281. The fourth-order valence-electron chi connectivity index (χ4n) is 4.04. The number of amides is 1. The summed E-state index contributed by atoms with van der Waals surface area (Å²) in [5, 5.41) is 2.11. The van der Waals surface area contributed by atoms with Gasteiger partial charge in [-0.25, -0.2) is 0 Å². The molecule has 0 aromatic carbocycles. The number of hydrogen-bond acceptors (Lipinski definition) is 4. The molecule has 1 amide bonds. The van der Waals surface area contributed by atoms with E-state index < -0.39 is 0 Å². The van der Waals surface area contributed by atoms with Crippen LogP contribution in [0.4, 0.5) is 0 Å². The van der Waals surface area contributed by atoms with Crippen LogP contribution in [0.25, 0.3) is 0 Å². The molecule has 1 aromatic heterocycles. The smallest absolute Gasteiger partial charge is 0.236 e. The normalized spacial score (nSPS) is 27.8. The highest BCUT2D eigenvalue weighted by atomic mass is 32.1. The largest absolute Gasteiger partial charge is 0.377 e. The van der Waals surface area contributed by atoms with Gasteiger partial charge in [0, 0.05) is 37.7 Å². The molecular weight excluding hydrogens is 320 g/mol. The summed E-state index contributed by atoms with van der Waals surface area (Å²) in [6.45, 7) is 9.43. The predicted molar refractivity (Wildman–Crippen MR) is 98.1 cm³/mol. The summed E-state index contributed by atoms with van der Waals surface area (Å²) >= 11 is 1.77. The number of nitrogens with zero attached hydrogens (tertiary/aromatic N) is 2. The Bertz CT molecular complexity index is 503. The summed E-state index contributed by atoms with van der Waals surface area (Å²) in [5.74, 6) is 1.51. The van der Waals surface area contributed by atoms with Crippen LogP contribution in [-0.2, 0) is 16.1 Å². The average Bonchev–Trinajstić information content (AvgIpc) is 3.20. The Hall–Kier alpha value is -0.910. The first-order valence-electron chi connectivity index (χ1n) is 9.24. The number of ether oxygens (including phenoxy) is 1. The molecule has 3 rings (SSSR count). The lowest BCUT2D eigenvalue weighted by Crippen LogP contribution is -2.47. The molecule has 0 saturated carbocycles. The molecule has 24 heavy (non-hydrogen) atoms. The molecule has 0 spiro atoms. The minimum Gasteiger partial charge on any atom is -0.377 e. The van der Waals surface area contributed by atoms with Crippen LogP contribution in [0.5, 0.6) is 0 Å². The van der Waals surface area contributed by atoms with Gasteiger partial charge in [0.25, 0.3) is 0 Å². The first-order valence-corrected chi connectivity index (χ1v) is 10.1. The van der Waals surface area contributed by atoms with Crippen LogP contribution in [0.15, 0.2) is 17.5 Å². The first-order chi connectivity index (χ1) is 11.6. The van der Waals surface area contributed by atoms with Crippen LogP contribution in [0.2, 0.25) is 0 Å². The van der Waals surface area contributed by atoms with Gasteiger partial charge in [-0.05, 0) is 42.5 Å². The van der Waals surface area contributed by atoms with E-state index in [-0.39, 0.29) is 12.0 Å². The van der Waals surface area contributed by atoms with Gasteiger partial charge in [0.1, 0.15) is 0 Å². The van der Waals surface area contributed by atoms with E-state index in [4.69, 9.17) is 4.74 Å². The molecule has 0 aliphatic carbocycles. The first kappa shape index (κ1) is 17.9. The number of piperidine rings is 1. The third-order valence-electron chi connectivity index (χ3n) is 5.03. The molecular formula is C19H30N2O2S. The summed E-state index contributed by atoms with van der Waals surface area (Å²) in [6, 6.07) is 4.24. The minimum atomic E-state index is 0.281. The molecule has 0 radical (unpaired) electrons. The maximum absolute atomic E-state index is 12.8. The maximum Gasteiger partial charge on any atom is 0.236 e. The van der Waals surface area contributed by atoms with Crippen molar-refractivity contribution in [3.8, 4) is 0 Å². The van der Waals surface area contributed by atoms with E-state index in [0.717, 1.165) is 45.6 Å². The number of rotatable bonds is 6. The molecule has 3 unspecified atom stereocenters. The molecule has 3 atom stereocenters. The van der Waals surface area contributed by atoms with E-state index in [0.29, 0.717) is 18.4 Å². The molecule has 3 heterocycles. The van der Waals surface area contributed by atoms with Crippen LogP contribution in [-0.4, -0.2) is 54.6 Å². The van der Waals surface area contributed by atoms with Gasteiger partial charge in [-0.15, -0.1) is 11.3 Å². The van der Waals surface area contributed by atoms with Gasteiger partial charge in [0.15, 0.2) is 0 Å². The topological polar surface area (TPSA) is 32.8 Å². The molecule has 0 bridgehead atoms. The van der Waals surface area contributed by atoms with Gasteiger partial charge in [0.05, 0.1) is 12.6 Å². The molecule has 4 nitrogen and oxygen atoms in total. The van der Waals surface area contributed by atoms with Crippen LogP contribution >= 0.6 is 11.3 Å². The van der Waals surface area contributed by atoms with E-state index in [1.54, 1.807) is 11.3 Å². The number of likely N-dealkylation sites (tertiary alicyclic amines) is 1. The lowest BCUT2D eigenvalue weighted by atomic mass is 9.92. The van der Waals surface area contributed by atoms with Gasteiger partial charge >= 0.3 is 0 Å². The van der Waals surface area contributed by atoms with Crippen molar-refractivity contribution in [3.05, 3.63) is 22.4 Å². The van der Waals surface area contributed by atoms with Crippen LogP contribution in [0.1, 0.15) is 38.0 Å². The lowest BCUT2D eigenvalue weighted by Gasteiger charge is -2.36. The highest BCUT2D eigenvalue weighted by Gasteiger charge is 2.28. The van der Waals surface area contributed by atoms with E-state index in [1.165, 1.54) is 11.3 Å².